The minimum absolute atomic E-state index is 0.00600. The van der Waals surface area contributed by atoms with Gasteiger partial charge in [0, 0.05) is 33.4 Å². The lowest BCUT2D eigenvalue weighted by Gasteiger charge is -2.24. The molecule has 174 valence electrons. The lowest BCUT2D eigenvalue weighted by molar-refractivity contribution is -0.127. The highest BCUT2D eigenvalue weighted by molar-refractivity contribution is 5.94. The first-order chi connectivity index (χ1) is 15.9. The number of carbonyl (C=O) groups excluding carboxylic acids is 2. The summed E-state index contributed by atoms with van der Waals surface area (Å²) < 4.78 is 12.6. The number of hydrogen-bond acceptors (Lipinski definition) is 6. The highest BCUT2D eigenvalue weighted by atomic mass is 16.7. The zero-order valence-electron chi connectivity index (χ0n) is 19.4. The van der Waals surface area contributed by atoms with Crippen LogP contribution in [0.2, 0.25) is 0 Å². The lowest BCUT2D eigenvalue weighted by atomic mass is 10.2. The molecule has 2 aromatic heterocycles. The van der Waals surface area contributed by atoms with Gasteiger partial charge in [-0.15, -0.1) is 0 Å². The van der Waals surface area contributed by atoms with E-state index in [1.54, 1.807) is 31.3 Å². The number of carbonyl (C=O) groups is 2. The quantitative estimate of drug-likeness (QED) is 0.566. The first kappa shape index (κ1) is 22.4. The Morgan fingerprint density at radius 1 is 1.12 bits per heavy atom. The van der Waals surface area contributed by atoms with Crippen molar-refractivity contribution in [2.24, 2.45) is 0 Å². The van der Waals surface area contributed by atoms with E-state index in [2.05, 4.69) is 5.32 Å². The number of nitrogens with one attached hydrogen (secondary N) is 1. The number of aryl methyl sites for hydroxylation is 1. The van der Waals surface area contributed by atoms with Crippen LogP contribution in [0.15, 0.2) is 36.5 Å². The lowest BCUT2D eigenvalue weighted by Crippen LogP contribution is -2.37. The van der Waals surface area contributed by atoms with E-state index in [0.29, 0.717) is 30.2 Å². The number of fused-ring (bicyclic) bond motifs is 2. The topological polar surface area (TPSA) is 88.4 Å². The minimum Gasteiger partial charge on any atom is -0.454 e. The van der Waals surface area contributed by atoms with Crippen molar-refractivity contribution < 1.29 is 19.1 Å². The number of likely N-dealkylation sites (N-methyl/N-ethyl adjacent to an activating group) is 2. The van der Waals surface area contributed by atoms with Crippen molar-refractivity contribution >= 4 is 23.3 Å². The maximum Gasteiger partial charge on any atom is 0.253 e. The smallest absolute Gasteiger partial charge is 0.253 e. The molecule has 3 aromatic rings. The number of amides is 2. The summed E-state index contributed by atoms with van der Waals surface area (Å²) in [7, 11) is 3.49. The highest BCUT2D eigenvalue weighted by Gasteiger charge is 2.21. The molecule has 0 unspecified atom stereocenters. The summed E-state index contributed by atoms with van der Waals surface area (Å²) in [6.07, 6.45) is 2.50. The molecule has 0 fully saturated rings. The first-order valence-corrected chi connectivity index (χ1v) is 11.0. The van der Waals surface area contributed by atoms with Gasteiger partial charge in [-0.3, -0.25) is 14.0 Å². The van der Waals surface area contributed by atoms with Gasteiger partial charge in [-0.1, -0.05) is 13.0 Å². The van der Waals surface area contributed by atoms with E-state index < -0.39 is 0 Å². The third-order valence-electron chi connectivity index (χ3n) is 5.66. The van der Waals surface area contributed by atoms with E-state index in [1.807, 2.05) is 47.4 Å². The Balaban J connectivity index is 1.57. The molecule has 9 nitrogen and oxygen atoms in total. The van der Waals surface area contributed by atoms with E-state index in [9.17, 15) is 9.59 Å². The highest BCUT2D eigenvalue weighted by Crippen LogP contribution is 2.32. The fraction of sp³-hybridized carbons (Fsp3) is 0.375. The van der Waals surface area contributed by atoms with Gasteiger partial charge in [0.05, 0.1) is 17.8 Å². The number of benzene rings is 1. The largest absolute Gasteiger partial charge is 0.454 e. The van der Waals surface area contributed by atoms with Crippen LogP contribution in [0.5, 0.6) is 11.5 Å². The Kier molecular flexibility index (Phi) is 6.39. The van der Waals surface area contributed by atoms with Gasteiger partial charge in [0.15, 0.2) is 11.5 Å². The maximum atomic E-state index is 12.9. The van der Waals surface area contributed by atoms with Crippen LogP contribution in [0, 0.1) is 0 Å². The summed E-state index contributed by atoms with van der Waals surface area (Å²) in [6.45, 7) is 5.50. The fourth-order valence-electron chi connectivity index (χ4n) is 3.76. The predicted octanol–water partition coefficient (Wildman–Crippen LogP) is 2.47. The molecule has 0 atom stereocenters. The standard InChI is InChI=1S/C24H29N5O4/c1-5-18-24(28(6-2)14-22(30)27(3)4)29-13-17(8-10-21(29)26-18)23(31)25-12-16-7-9-19-20(11-16)33-15-32-19/h7-11,13H,5-6,12,14-15H2,1-4H3,(H,25,31). The first-order valence-electron chi connectivity index (χ1n) is 11.0. The van der Waals surface area contributed by atoms with E-state index in [-0.39, 0.29) is 25.2 Å². The van der Waals surface area contributed by atoms with Gasteiger partial charge in [-0.25, -0.2) is 4.98 Å². The zero-order chi connectivity index (χ0) is 23.5. The molecule has 0 radical (unpaired) electrons. The van der Waals surface area contributed by atoms with Crippen LogP contribution in [-0.2, 0) is 17.8 Å². The van der Waals surface area contributed by atoms with Gasteiger partial charge in [0.25, 0.3) is 5.91 Å². The van der Waals surface area contributed by atoms with Crippen molar-refractivity contribution in [3.8, 4) is 11.5 Å². The Morgan fingerprint density at radius 3 is 2.64 bits per heavy atom. The number of hydrogen-bond donors (Lipinski definition) is 1. The molecule has 0 bridgehead atoms. The second-order valence-corrected chi connectivity index (χ2v) is 8.05. The van der Waals surface area contributed by atoms with Crippen molar-refractivity contribution in [1.29, 1.82) is 0 Å². The normalized spacial score (nSPS) is 12.1. The summed E-state index contributed by atoms with van der Waals surface area (Å²) in [4.78, 5) is 33.6. The van der Waals surface area contributed by atoms with Crippen molar-refractivity contribution in [3.05, 3.63) is 53.3 Å². The second kappa shape index (κ2) is 9.40. The molecule has 9 heteroatoms. The molecule has 0 saturated carbocycles. The van der Waals surface area contributed by atoms with E-state index in [4.69, 9.17) is 14.5 Å². The monoisotopic (exact) mass is 451 g/mol. The van der Waals surface area contributed by atoms with Gasteiger partial charge in [0.2, 0.25) is 12.7 Å². The molecule has 0 spiro atoms. The van der Waals surface area contributed by atoms with Crippen LogP contribution >= 0.6 is 0 Å². The summed E-state index contributed by atoms with van der Waals surface area (Å²) in [5, 5.41) is 2.96. The molecule has 1 N–H and O–H groups in total. The van der Waals surface area contributed by atoms with Crippen LogP contribution in [0.3, 0.4) is 0 Å². The Hall–Kier alpha value is -3.75. The van der Waals surface area contributed by atoms with Crippen molar-refractivity contribution in [1.82, 2.24) is 19.6 Å². The Morgan fingerprint density at radius 2 is 1.91 bits per heavy atom. The number of nitrogens with zero attached hydrogens (tertiary/aromatic N) is 4. The number of aromatic nitrogens is 2. The third kappa shape index (κ3) is 4.57. The number of pyridine rings is 1. The maximum absolute atomic E-state index is 12.9. The molecule has 0 saturated heterocycles. The SMILES string of the molecule is CCc1nc2ccc(C(=O)NCc3ccc4c(c3)OCO4)cn2c1N(CC)CC(=O)N(C)C. The Labute approximate surface area is 192 Å². The molecular weight excluding hydrogens is 422 g/mol. The number of rotatable bonds is 8. The van der Waals surface area contributed by atoms with Gasteiger partial charge in [-0.2, -0.15) is 0 Å². The van der Waals surface area contributed by atoms with Gasteiger partial charge < -0.3 is 24.6 Å². The molecular formula is C24H29N5O4. The van der Waals surface area contributed by atoms with E-state index in [0.717, 1.165) is 29.1 Å². The summed E-state index contributed by atoms with van der Waals surface area (Å²) in [5.41, 5.74) is 3.07. The second-order valence-electron chi connectivity index (χ2n) is 8.05. The third-order valence-corrected chi connectivity index (χ3v) is 5.66. The number of imidazole rings is 1. The molecule has 1 aliphatic heterocycles. The van der Waals surface area contributed by atoms with E-state index in [1.165, 1.54) is 0 Å². The van der Waals surface area contributed by atoms with Gasteiger partial charge >= 0.3 is 0 Å². The fourth-order valence-corrected chi connectivity index (χ4v) is 3.76. The summed E-state index contributed by atoms with van der Waals surface area (Å²) in [6, 6.07) is 9.21. The van der Waals surface area contributed by atoms with Crippen molar-refractivity contribution in [2.75, 3.05) is 38.9 Å². The minimum atomic E-state index is -0.195. The molecule has 3 heterocycles. The number of anilines is 1. The molecule has 33 heavy (non-hydrogen) atoms. The Bertz CT molecular complexity index is 1190. The van der Waals surface area contributed by atoms with Crippen LogP contribution in [0.25, 0.3) is 5.65 Å². The molecule has 1 aromatic carbocycles. The molecule has 2 amide bonds. The van der Waals surface area contributed by atoms with Crippen LogP contribution in [0.1, 0.15) is 35.5 Å². The van der Waals surface area contributed by atoms with E-state index >= 15 is 0 Å². The summed E-state index contributed by atoms with van der Waals surface area (Å²) >= 11 is 0. The van der Waals surface area contributed by atoms with Gasteiger partial charge in [-0.05, 0) is 43.2 Å². The van der Waals surface area contributed by atoms with Crippen LogP contribution in [-0.4, -0.2) is 60.1 Å². The van der Waals surface area contributed by atoms with Crippen LogP contribution in [0.4, 0.5) is 5.82 Å². The predicted molar refractivity (Wildman–Crippen MR) is 125 cm³/mol. The van der Waals surface area contributed by atoms with Crippen molar-refractivity contribution in [3.63, 3.8) is 0 Å². The molecule has 1 aliphatic rings. The van der Waals surface area contributed by atoms with Crippen LogP contribution < -0.4 is 19.7 Å². The summed E-state index contributed by atoms with van der Waals surface area (Å²) in [5.74, 6) is 2.05. The number of ether oxygens (including phenoxy) is 2. The molecule has 0 aliphatic carbocycles. The molecule has 4 rings (SSSR count). The average molecular weight is 452 g/mol. The zero-order valence-corrected chi connectivity index (χ0v) is 19.4. The van der Waals surface area contributed by atoms with Crippen molar-refractivity contribution in [2.45, 2.75) is 26.8 Å². The van der Waals surface area contributed by atoms with Gasteiger partial charge in [0.1, 0.15) is 11.5 Å². The average Bonchev–Trinajstić information content (AvgIpc) is 3.44.